The Bertz CT molecular complexity index is 897. The molecule has 0 aliphatic carbocycles. The van der Waals surface area contributed by atoms with Gasteiger partial charge in [-0.25, -0.2) is 4.98 Å². The molecule has 0 fully saturated rings. The standard InChI is InChI=1S/C19H24N6O2/c1-13-18(23-14(2)22-13)15-5-7-16(8-6-15)19(26)20-11-17-24-21-12-25(17)9-4-10-27-3/h5-8,12H,4,9-11H2,1-3H3,(H,20,26)(H,22,23). The fourth-order valence-electron chi connectivity index (χ4n) is 2.91. The lowest BCUT2D eigenvalue weighted by Gasteiger charge is -2.08. The molecule has 1 amide bonds. The summed E-state index contributed by atoms with van der Waals surface area (Å²) in [4.78, 5) is 20.1. The first kappa shape index (κ1) is 18.8. The minimum absolute atomic E-state index is 0.150. The number of aromatic nitrogens is 5. The van der Waals surface area contributed by atoms with Gasteiger partial charge in [-0.3, -0.25) is 4.79 Å². The molecule has 142 valence electrons. The predicted molar refractivity (Wildman–Crippen MR) is 101 cm³/mol. The maximum atomic E-state index is 12.4. The zero-order valence-corrected chi connectivity index (χ0v) is 15.8. The first-order chi connectivity index (χ1) is 13.1. The number of hydrogen-bond acceptors (Lipinski definition) is 5. The Hall–Kier alpha value is -3.00. The number of rotatable bonds is 8. The number of benzene rings is 1. The van der Waals surface area contributed by atoms with Crippen LogP contribution in [0.1, 0.15) is 34.1 Å². The van der Waals surface area contributed by atoms with Crippen molar-refractivity contribution in [2.75, 3.05) is 13.7 Å². The van der Waals surface area contributed by atoms with Gasteiger partial charge in [-0.2, -0.15) is 0 Å². The Kier molecular flexibility index (Phi) is 5.97. The highest BCUT2D eigenvalue weighted by Crippen LogP contribution is 2.21. The molecule has 3 aromatic rings. The van der Waals surface area contributed by atoms with E-state index in [1.165, 1.54) is 0 Å². The van der Waals surface area contributed by atoms with Gasteiger partial charge in [0.15, 0.2) is 5.82 Å². The molecule has 27 heavy (non-hydrogen) atoms. The quantitative estimate of drug-likeness (QED) is 0.594. The van der Waals surface area contributed by atoms with E-state index in [4.69, 9.17) is 4.74 Å². The normalized spacial score (nSPS) is 10.9. The van der Waals surface area contributed by atoms with E-state index in [0.717, 1.165) is 41.6 Å². The number of H-pyrrole nitrogens is 1. The number of imidazole rings is 1. The van der Waals surface area contributed by atoms with Gasteiger partial charge in [0, 0.05) is 37.1 Å². The van der Waals surface area contributed by atoms with Gasteiger partial charge in [0.05, 0.1) is 12.2 Å². The first-order valence-electron chi connectivity index (χ1n) is 8.86. The van der Waals surface area contributed by atoms with Crippen LogP contribution in [-0.4, -0.2) is 44.4 Å². The minimum atomic E-state index is -0.150. The molecule has 0 unspecified atom stereocenters. The Balaban J connectivity index is 1.60. The van der Waals surface area contributed by atoms with Crippen molar-refractivity contribution < 1.29 is 9.53 Å². The first-order valence-corrected chi connectivity index (χ1v) is 8.86. The van der Waals surface area contributed by atoms with Crippen molar-refractivity contribution in [1.29, 1.82) is 0 Å². The highest BCUT2D eigenvalue weighted by atomic mass is 16.5. The van der Waals surface area contributed by atoms with Crippen molar-refractivity contribution in [2.45, 2.75) is 33.4 Å². The molecule has 0 atom stereocenters. The highest BCUT2D eigenvalue weighted by molar-refractivity contribution is 5.94. The molecule has 0 saturated carbocycles. The topological polar surface area (TPSA) is 97.7 Å². The molecule has 0 aliphatic heterocycles. The number of methoxy groups -OCH3 is 1. The van der Waals surface area contributed by atoms with Crippen molar-refractivity contribution in [3.63, 3.8) is 0 Å². The number of aryl methyl sites for hydroxylation is 3. The van der Waals surface area contributed by atoms with E-state index >= 15 is 0 Å². The molecule has 2 N–H and O–H groups in total. The number of nitrogens with one attached hydrogen (secondary N) is 2. The third-order valence-electron chi connectivity index (χ3n) is 4.27. The fraction of sp³-hybridized carbons (Fsp3) is 0.368. The van der Waals surface area contributed by atoms with Crippen LogP contribution in [0.4, 0.5) is 0 Å². The summed E-state index contributed by atoms with van der Waals surface area (Å²) in [6.45, 7) is 5.66. The molecule has 0 aliphatic rings. The molecular weight excluding hydrogens is 344 g/mol. The average molecular weight is 368 g/mol. The summed E-state index contributed by atoms with van der Waals surface area (Å²) in [5, 5.41) is 10.9. The van der Waals surface area contributed by atoms with Gasteiger partial charge in [0.1, 0.15) is 12.2 Å². The number of ether oxygens (including phenoxy) is 1. The van der Waals surface area contributed by atoms with Gasteiger partial charge < -0.3 is 19.6 Å². The molecule has 0 spiro atoms. The van der Waals surface area contributed by atoms with Crippen molar-refractivity contribution >= 4 is 5.91 Å². The Morgan fingerprint density at radius 3 is 2.70 bits per heavy atom. The van der Waals surface area contributed by atoms with Gasteiger partial charge in [-0.1, -0.05) is 12.1 Å². The van der Waals surface area contributed by atoms with Gasteiger partial charge in [0.25, 0.3) is 5.91 Å². The summed E-state index contributed by atoms with van der Waals surface area (Å²) in [6.07, 6.45) is 2.53. The van der Waals surface area contributed by atoms with Gasteiger partial charge in [0.2, 0.25) is 0 Å². The molecule has 0 saturated heterocycles. The van der Waals surface area contributed by atoms with Crippen LogP contribution >= 0.6 is 0 Å². The predicted octanol–water partition coefficient (Wildman–Crippen LogP) is 2.25. The highest BCUT2D eigenvalue weighted by Gasteiger charge is 2.11. The summed E-state index contributed by atoms with van der Waals surface area (Å²) >= 11 is 0. The molecular formula is C19H24N6O2. The van der Waals surface area contributed by atoms with Crippen molar-refractivity contribution in [2.24, 2.45) is 0 Å². The third-order valence-corrected chi connectivity index (χ3v) is 4.27. The summed E-state index contributed by atoms with van der Waals surface area (Å²) in [6, 6.07) is 7.42. The van der Waals surface area contributed by atoms with E-state index in [9.17, 15) is 4.79 Å². The van der Waals surface area contributed by atoms with Crippen LogP contribution < -0.4 is 5.32 Å². The van der Waals surface area contributed by atoms with Crippen LogP contribution in [0.2, 0.25) is 0 Å². The number of nitrogens with zero attached hydrogens (tertiary/aromatic N) is 4. The van der Waals surface area contributed by atoms with Crippen molar-refractivity contribution in [1.82, 2.24) is 30.0 Å². The minimum Gasteiger partial charge on any atom is -0.385 e. The Labute approximate surface area is 158 Å². The van der Waals surface area contributed by atoms with Gasteiger partial charge >= 0.3 is 0 Å². The Morgan fingerprint density at radius 2 is 2.04 bits per heavy atom. The molecule has 8 heteroatoms. The largest absolute Gasteiger partial charge is 0.385 e. The molecule has 0 radical (unpaired) electrons. The monoisotopic (exact) mass is 368 g/mol. The summed E-state index contributed by atoms with van der Waals surface area (Å²) in [5.74, 6) is 1.44. The van der Waals surface area contributed by atoms with Crippen LogP contribution in [0.15, 0.2) is 30.6 Å². The lowest BCUT2D eigenvalue weighted by molar-refractivity contribution is 0.0949. The van der Waals surface area contributed by atoms with E-state index in [0.29, 0.717) is 18.7 Å². The molecule has 1 aromatic carbocycles. The molecule has 8 nitrogen and oxygen atoms in total. The summed E-state index contributed by atoms with van der Waals surface area (Å²) < 4.78 is 6.98. The molecule has 0 bridgehead atoms. The Morgan fingerprint density at radius 1 is 1.26 bits per heavy atom. The number of amides is 1. The van der Waals surface area contributed by atoms with E-state index < -0.39 is 0 Å². The molecule has 2 heterocycles. The van der Waals surface area contributed by atoms with Crippen LogP contribution in [-0.2, 0) is 17.8 Å². The molecule has 3 rings (SSSR count). The van der Waals surface area contributed by atoms with Crippen molar-refractivity contribution in [3.8, 4) is 11.3 Å². The summed E-state index contributed by atoms with van der Waals surface area (Å²) in [5.41, 5.74) is 3.49. The van der Waals surface area contributed by atoms with Crippen molar-refractivity contribution in [3.05, 3.63) is 53.5 Å². The van der Waals surface area contributed by atoms with Gasteiger partial charge in [-0.05, 0) is 32.4 Å². The van der Waals surface area contributed by atoms with Crippen LogP contribution in [0.25, 0.3) is 11.3 Å². The second kappa shape index (κ2) is 8.59. The second-order valence-corrected chi connectivity index (χ2v) is 6.34. The smallest absolute Gasteiger partial charge is 0.251 e. The zero-order valence-electron chi connectivity index (χ0n) is 15.8. The van der Waals surface area contributed by atoms with E-state index in [1.54, 1.807) is 25.6 Å². The van der Waals surface area contributed by atoms with E-state index in [-0.39, 0.29) is 5.91 Å². The lowest BCUT2D eigenvalue weighted by atomic mass is 10.1. The zero-order chi connectivity index (χ0) is 19.2. The fourth-order valence-corrected chi connectivity index (χ4v) is 2.91. The van der Waals surface area contributed by atoms with Gasteiger partial charge in [-0.15, -0.1) is 10.2 Å². The number of carbonyl (C=O) groups excluding carboxylic acids is 1. The lowest BCUT2D eigenvalue weighted by Crippen LogP contribution is -2.24. The number of hydrogen-bond donors (Lipinski definition) is 2. The number of carbonyl (C=O) groups is 1. The maximum Gasteiger partial charge on any atom is 0.251 e. The van der Waals surface area contributed by atoms with Crippen LogP contribution in [0.3, 0.4) is 0 Å². The summed E-state index contributed by atoms with van der Waals surface area (Å²) in [7, 11) is 1.67. The second-order valence-electron chi connectivity index (χ2n) is 6.34. The SMILES string of the molecule is COCCCn1cnnc1CNC(=O)c1ccc(-c2nc(C)[nH]c2C)cc1. The van der Waals surface area contributed by atoms with Crippen LogP contribution in [0.5, 0.6) is 0 Å². The van der Waals surface area contributed by atoms with Crippen LogP contribution in [0, 0.1) is 13.8 Å². The van der Waals surface area contributed by atoms with E-state index in [2.05, 4.69) is 25.5 Å². The molecule has 2 aromatic heterocycles. The number of aromatic amines is 1. The maximum absolute atomic E-state index is 12.4. The third kappa shape index (κ3) is 4.59. The van der Waals surface area contributed by atoms with E-state index in [1.807, 2.05) is 30.5 Å². The average Bonchev–Trinajstić information content (AvgIpc) is 3.25.